The van der Waals surface area contributed by atoms with E-state index in [0.29, 0.717) is 19.3 Å². The van der Waals surface area contributed by atoms with E-state index in [9.17, 15) is 14.4 Å². The zero-order chi connectivity index (χ0) is 11.4. The molecule has 15 heavy (non-hydrogen) atoms. The summed E-state index contributed by atoms with van der Waals surface area (Å²) in [6, 6.07) is 0. The normalized spacial score (nSPS) is 25.9. The van der Waals surface area contributed by atoms with Crippen molar-refractivity contribution in [3.8, 4) is 0 Å². The highest BCUT2D eigenvalue weighted by atomic mass is 16.5. The molecule has 0 N–H and O–H groups in total. The largest absolute Gasteiger partial charge is 0.468 e. The lowest BCUT2D eigenvalue weighted by atomic mass is 9.80. The highest BCUT2D eigenvalue weighted by molar-refractivity contribution is 6.08. The van der Waals surface area contributed by atoms with E-state index in [4.69, 9.17) is 0 Å². The van der Waals surface area contributed by atoms with Gasteiger partial charge < -0.3 is 9.47 Å². The Kier molecular flexibility index (Phi) is 3.82. The third kappa shape index (κ3) is 2.34. The van der Waals surface area contributed by atoms with Crippen molar-refractivity contribution in [1.82, 2.24) is 0 Å². The SMILES string of the molecule is COC(=O)C1CCCC(C(=O)OC)C1=O. The molecule has 0 aromatic carbocycles. The van der Waals surface area contributed by atoms with Crippen LogP contribution in [0.1, 0.15) is 19.3 Å². The molecule has 0 spiro atoms. The van der Waals surface area contributed by atoms with Crippen molar-refractivity contribution in [2.75, 3.05) is 14.2 Å². The van der Waals surface area contributed by atoms with E-state index >= 15 is 0 Å². The van der Waals surface area contributed by atoms with Crippen LogP contribution in [-0.2, 0) is 23.9 Å². The molecule has 5 nitrogen and oxygen atoms in total. The van der Waals surface area contributed by atoms with Crippen molar-refractivity contribution >= 4 is 17.7 Å². The van der Waals surface area contributed by atoms with Gasteiger partial charge in [-0.3, -0.25) is 14.4 Å². The van der Waals surface area contributed by atoms with Gasteiger partial charge in [0.1, 0.15) is 11.8 Å². The first-order valence-electron chi connectivity index (χ1n) is 4.81. The molecule has 5 heteroatoms. The average Bonchev–Trinajstić information content (AvgIpc) is 2.27. The highest BCUT2D eigenvalue weighted by Gasteiger charge is 2.40. The van der Waals surface area contributed by atoms with Crippen LogP contribution in [0.2, 0.25) is 0 Å². The number of carbonyl (C=O) groups excluding carboxylic acids is 3. The maximum atomic E-state index is 11.7. The Morgan fingerprint density at radius 3 is 1.80 bits per heavy atom. The van der Waals surface area contributed by atoms with Gasteiger partial charge in [-0.15, -0.1) is 0 Å². The van der Waals surface area contributed by atoms with Gasteiger partial charge in [-0.2, -0.15) is 0 Å². The predicted molar refractivity (Wildman–Crippen MR) is 49.9 cm³/mol. The third-order valence-electron chi connectivity index (χ3n) is 2.64. The van der Waals surface area contributed by atoms with Crippen LogP contribution in [0.5, 0.6) is 0 Å². The first kappa shape index (κ1) is 11.7. The van der Waals surface area contributed by atoms with E-state index in [1.807, 2.05) is 0 Å². The fraction of sp³-hybridized carbons (Fsp3) is 0.700. The fourth-order valence-electron chi connectivity index (χ4n) is 1.81. The summed E-state index contributed by atoms with van der Waals surface area (Å²) in [5.74, 6) is -3.09. The topological polar surface area (TPSA) is 69.7 Å². The Bertz CT molecular complexity index is 258. The molecular formula is C10H14O5. The summed E-state index contributed by atoms with van der Waals surface area (Å²) >= 11 is 0. The lowest BCUT2D eigenvalue weighted by Crippen LogP contribution is -2.38. The van der Waals surface area contributed by atoms with Crippen LogP contribution in [0.15, 0.2) is 0 Å². The fourth-order valence-corrected chi connectivity index (χ4v) is 1.81. The number of Topliss-reactive ketones (excluding diaryl/α,β-unsaturated/α-hetero) is 1. The molecule has 0 heterocycles. The zero-order valence-electron chi connectivity index (χ0n) is 8.82. The van der Waals surface area contributed by atoms with Crippen LogP contribution in [-0.4, -0.2) is 31.9 Å². The number of hydrogen-bond acceptors (Lipinski definition) is 5. The molecule has 2 unspecified atom stereocenters. The average molecular weight is 214 g/mol. The molecule has 2 atom stereocenters. The lowest BCUT2D eigenvalue weighted by molar-refractivity contribution is -0.157. The van der Waals surface area contributed by atoms with Crippen molar-refractivity contribution in [1.29, 1.82) is 0 Å². The maximum Gasteiger partial charge on any atom is 0.316 e. The molecule has 84 valence electrons. The summed E-state index contributed by atoms with van der Waals surface area (Å²) < 4.78 is 9.02. The molecular weight excluding hydrogens is 200 g/mol. The van der Waals surface area contributed by atoms with Crippen molar-refractivity contribution in [2.45, 2.75) is 19.3 Å². The highest BCUT2D eigenvalue weighted by Crippen LogP contribution is 2.27. The van der Waals surface area contributed by atoms with Gasteiger partial charge in [0.25, 0.3) is 0 Å². The van der Waals surface area contributed by atoms with Crippen molar-refractivity contribution in [2.24, 2.45) is 11.8 Å². The van der Waals surface area contributed by atoms with Gasteiger partial charge in [0.15, 0.2) is 5.78 Å². The molecule has 1 fully saturated rings. The number of rotatable bonds is 2. The molecule has 1 aliphatic carbocycles. The van der Waals surface area contributed by atoms with Gasteiger partial charge in [0, 0.05) is 0 Å². The Hall–Kier alpha value is -1.39. The minimum Gasteiger partial charge on any atom is -0.468 e. The number of methoxy groups -OCH3 is 2. The van der Waals surface area contributed by atoms with E-state index in [1.54, 1.807) is 0 Å². The van der Waals surface area contributed by atoms with Gasteiger partial charge >= 0.3 is 11.9 Å². The van der Waals surface area contributed by atoms with Crippen molar-refractivity contribution < 1.29 is 23.9 Å². The lowest BCUT2D eigenvalue weighted by Gasteiger charge is -2.24. The quantitative estimate of drug-likeness (QED) is 0.489. The summed E-state index contributed by atoms with van der Waals surface area (Å²) in [4.78, 5) is 34.2. The molecule has 1 rings (SSSR count). The minimum atomic E-state index is -0.798. The van der Waals surface area contributed by atoms with Gasteiger partial charge in [-0.25, -0.2) is 0 Å². The molecule has 0 amide bonds. The molecule has 0 aromatic heterocycles. The number of carbonyl (C=O) groups is 3. The summed E-state index contributed by atoms with van der Waals surface area (Å²) in [7, 11) is 2.47. The predicted octanol–water partition coefficient (Wildman–Crippen LogP) is 0.318. The zero-order valence-corrected chi connectivity index (χ0v) is 8.82. The second-order valence-corrected chi connectivity index (χ2v) is 3.48. The molecule has 0 bridgehead atoms. The molecule has 1 saturated carbocycles. The van der Waals surface area contributed by atoms with Crippen LogP contribution in [0.25, 0.3) is 0 Å². The van der Waals surface area contributed by atoms with Crippen LogP contribution in [0.3, 0.4) is 0 Å². The first-order valence-corrected chi connectivity index (χ1v) is 4.81. The third-order valence-corrected chi connectivity index (χ3v) is 2.64. The Balaban J connectivity index is 2.75. The summed E-state index contributed by atoms with van der Waals surface area (Å²) in [5.41, 5.74) is 0. The Morgan fingerprint density at radius 1 is 1.07 bits per heavy atom. The number of hydrogen-bond donors (Lipinski definition) is 0. The van der Waals surface area contributed by atoms with E-state index in [1.165, 1.54) is 14.2 Å². The standard InChI is InChI=1S/C10H14O5/c1-14-9(12)6-4-3-5-7(8(6)11)10(13)15-2/h6-7H,3-5H2,1-2H3. The molecule has 0 aromatic rings. The van der Waals surface area contributed by atoms with Crippen LogP contribution >= 0.6 is 0 Å². The second kappa shape index (κ2) is 4.91. The van der Waals surface area contributed by atoms with E-state index in [0.717, 1.165) is 0 Å². The van der Waals surface area contributed by atoms with Gasteiger partial charge in [0.05, 0.1) is 14.2 Å². The minimum absolute atomic E-state index is 0.375. The number of ether oxygens (including phenoxy) is 2. The molecule has 0 radical (unpaired) electrons. The van der Waals surface area contributed by atoms with Gasteiger partial charge in [-0.1, -0.05) is 6.42 Å². The van der Waals surface area contributed by atoms with Gasteiger partial charge in [0.2, 0.25) is 0 Å². The summed E-state index contributed by atoms with van der Waals surface area (Å²) in [6.07, 6.45) is 1.57. The first-order chi connectivity index (χ1) is 7.11. The Labute approximate surface area is 87.7 Å². The monoisotopic (exact) mass is 214 g/mol. The Morgan fingerprint density at radius 2 is 1.47 bits per heavy atom. The second-order valence-electron chi connectivity index (χ2n) is 3.48. The van der Waals surface area contributed by atoms with Crippen LogP contribution in [0, 0.1) is 11.8 Å². The van der Waals surface area contributed by atoms with Crippen molar-refractivity contribution in [3.05, 3.63) is 0 Å². The van der Waals surface area contributed by atoms with Crippen LogP contribution < -0.4 is 0 Å². The smallest absolute Gasteiger partial charge is 0.316 e. The number of esters is 2. The van der Waals surface area contributed by atoms with Gasteiger partial charge in [-0.05, 0) is 12.8 Å². The van der Waals surface area contributed by atoms with Crippen LogP contribution in [0.4, 0.5) is 0 Å². The van der Waals surface area contributed by atoms with E-state index in [2.05, 4.69) is 9.47 Å². The summed E-state index contributed by atoms with van der Waals surface area (Å²) in [6.45, 7) is 0. The maximum absolute atomic E-state index is 11.7. The van der Waals surface area contributed by atoms with E-state index < -0.39 is 23.8 Å². The molecule has 1 aliphatic rings. The molecule has 0 saturated heterocycles. The number of ketones is 1. The van der Waals surface area contributed by atoms with Crippen molar-refractivity contribution in [3.63, 3.8) is 0 Å². The summed E-state index contributed by atoms with van der Waals surface area (Å²) in [5, 5.41) is 0. The molecule has 0 aliphatic heterocycles. The van der Waals surface area contributed by atoms with E-state index in [-0.39, 0.29) is 5.78 Å².